The molecule has 0 saturated carbocycles. The number of hydrogen-bond acceptors (Lipinski definition) is 4. The van der Waals surface area contributed by atoms with Gasteiger partial charge in [-0.05, 0) is 30.3 Å². The van der Waals surface area contributed by atoms with Crippen LogP contribution in [0.5, 0.6) is 11.5 Å². The van der Waals surface area contributed by atoms with Crippen LogP contribution in [0.3, 0.4) is 0 Å². The molecule has 0 unspecified atom stereocenters. The van der Waals surface area contributed by atoms with E-state index in [0.29, 0.717) is 0 Å². The van der Waals surface area contributed by atoms with Gasteiger partial charge in [-0.1, -0.05) is 12.1 Å². The number of benzene rings is 2. The fourth-order valence-electron chi connectivity index (χ4n) is 2.89. The van der Waals surface area contributed by atoms with Gasteiger partial charge < -0.3 is 9.15 Å². The van der Waals surface area contributed by atoms with Crippen LogP contribution in [-0.4, -0.2) is 19.6 Å². The number of hydrogen-bond donors (Lipinski definition) is 0. The van der Waals surface area contributed by atoms with E-state index in [0.717, 1.165) is 34.0 Å². The lowest BCUT2D eigenvalue weighted by atomic mass is 10.2. The van der Waals surface area contributed by atoms with Crippen LogP contribution < -0.4 is 4.74 Å². The third-order valence-electron chi connectivity index (χ3n) is 4.08. The summed E-state index contributed by atoms with van der Waals surface area (Å²) in [6.07, 6.45) is 7.01. The Balaban J connectivity index is 1.47. The molecule has 3 aromatic heterocycles. The van der Waals surface area contributed by atoms with Crippen LogP contribution in [-0.2, 0) is 0 Å². The van der Waals surface area contributed by atoms with Gasteiger partial charge in [0.15, 0.2) is 5.58 Å². The Bertz CT molecular complexity index is 1170. The minimum absolute atomic E-state index is 0.729. The van der Waals surface area contributed by atoms with Crippen molar-refractivity contribution >= 4 is 11.1 Å². The maximum absolute atomic E-state index is 6.04. The normalized spacial score (nSPS) is 11.1. The quantitative estimate of drug-likeness (QED) is 0.479. The van der Waals surface area contributed by atoms with Crippen LogP contribution >= 0.6 is 0 Å². The number of fused-ring (bicyclic) bond motifs is 1. The van der Waals surface area contributed by atoms with E-state index in [-0.39, 0.29) is 0 Å². The highest BCUT2D eigenvalue weighted by Crippen LogP contribution is 2.26. The maximum atomic E-state index is 6.04. The first-order chi connectivity index (χ1) is 12.9. The van der Waals surface area contributed by atoms with E-state index in [9.17, 15) is 0 Å². The Kier molecular flexibility index (Phi) is 3.31. The van der Waals surface area contributed by atoms with E-state index in [1.54, 1.807) is 23.3 Å². The lowest BCUT2D eigenvalue weighted by Gasteiger charge is -2.09. The Morgan fingerprint density at radius 1 is 0.846 bits per heavy atom. The second-order valence-corrected chi connectivity index (χ2v) is 5.77. The summed E-state index contributed by atoms with van der Waals surface area (Å²) in [4.78, 5) is 0. The zero-order chi connectivity index (χ0) is 17.3. The monoisotopic (exact) mass is 342 g/mol. The van der Waals surface area contributed by atoms with Crippen LogP contribution in [0.4, 0.5) is 0 Å². The topological polar surface area (TPSA) is 58.0 Å². The van der Waals surface area contributed by atoms with E-state index in [1.165, 1.54) is 0 Å². The number of aromatic nitrogens is 4. The molecule has 0 saturated heterocycles. The molecule has 3 heterocycles. The van der Waals surface area contributed by atoms with Crippen molar-refractivity contribution in [2.75, 3.05) is 0 Å². The summed E-state index contributed by atoms with van der Waals surface area (Å²) in [5.41, 5.74) is 3.52. The van der Waals surface area contributed by atoms with Crippen LogP contribution in [0.2, 0.25) is 0 Å². The van der Waals surface area contributed by atoms with Crippen molar-refractivity contribution in [3.63, 3.8) is 0 Å². The zero-order valence-electron chi connectivity index (χ0n) is 13.7. The van der Waals surface area contributed by atoms with Gasteiger partial charge in [0.05, 0.1) is 23.8 Å². The molecule has 0 atom stereocenters. The van der Waals surface area contributed by atoms with Gasteiger partial charge in [0.25, 0.3) is 0 Å². The summed E-state index contributed by atoms with van der Waals surface area (Å²) in [6.45, 7) is 0. The van der Waals surface area contributed by atoms with Gasteiger partial charge in [0.1, 0.15) is 17.0 Å². The molecule has 0 amide bonds. The average molecular weight is 342 g/mol. The SMILES string of the molecule is c1cc(Oc2cccc(-n3ncc4occc43)c2)cc(-n2cccn2)c1. The Morgan fingerprint density at radius 3 is 2.46 bits per heavy atom. The minimum Gasteiger partial charge on any atom is -0.461 e. The largest absolute Gasteiger partial charge is 0.461 e. The van der Waals surface area contributed by atoms with E-state index >= 15 is 0 Å². The summed E-state index contributed by atoms with van der Waals surface area (Å²) >= 11 is 0. The van der Waals surface area contributed by atoms with Crippen LogP contribution in [0.15, 0.2) is 89.9 Å². The summed E-state index contributed by atoms with van der Waals surface area (Å²) < 4.78 is 15.0. The molecule has 0 radical (unpaired) electrons. The highest BCUT2D eigenvalue weighted by atomic mass is 16.5. The van der Waals surface area contributed by atoms with Gasteiger partial charge in [-0.25, -0.2) is 9.36 Å². The van der Waals surface area contributed by atoms with Crippen molar-refractivity contribution in [1.29, 1.82) is 0 Å². The predicted molar refractivity (Wildman–Crippen MR) is 97.0 cm³/mol. The van der Waals surface area contributed by atoms with Crippen molar-refractivity contribution in [2.24, 2.45) is 0 Å². The molecule has 0 bridgehead atoms. The van der Waals surface area contributed by atoms with E-state index < -0.39 is 0 Å². The van der Waals surface area contributed by atoms with Crippen molar-refractivity contribution in [1.82, 2.24) is 19.6 Å². The number of nitrogens with zero attached hydrogens (tertiary/aromatic N) is 4. The van der Waals surface area contributed by atoms with Crippen molar-refractivity contribution in [3.05, 3.63) is 85.5 Å². The van der Waals surface area contributed by atoms with Crippen LogP contribution in [0, 0.1) is 0 Å². The number of rotatable bonds is 4. The van der Waals surface area contributed by atoms with Gasteiger partial charge in [0, 0.05) is 30.6 Å². The zero-order valence-corrected chi connectivity index (χ0v) is 13.7. The van der Waals surface area contributed by atoms with Crippen molar-refractivity contribution in [3.8, 4) is 22.9 Å². The Labute approximate surface area is 148 Å². The van der Waals surface area contributed by atoms with Crippen molar-refractivity contribution in [2.45, 2.75) is 0 Å². The molecule has 6 heteroatoms. The van der Waals surface area contributed by atoms with E-state index in [2.05, 4.69) is 10.2 Å². The molecule has 0 aliphatic heterocycles. The third-order valence-corrected chi connectivity index (χ3v) is 4.08. The second kappa shape index (κ2) is 5.93. The lowest BCUT2D eigenvalue weighted by Crippen LogP contribution is -1.96. The van der Waals surface area contributed by atoms with Crippen molar-refractivity contribution < 1.29 is 9.15 Å². The number of ether oxygens (including phenoxy) is 1. The molecule has 6 nitrogen and oxygen atoms in total. The summed E-state index contributed by atoms with van der Waals surface area (Å²) in [6, 6.07) is 19.3. The van der Waals surface area contributed by atoms with Gasteiger partial charge in [-0.3, -0.25) is 0 Å². The molecule has 5 aromatic rings. The van der Waals surface area contributed by atoms with Crippen LogP contribution in [0.1, 0.15) is 0 Å². The van der Waals surface area contributed by atoms with Gasteiger partial charge in [-0.15, -0.1) is 0 Å². The van der Waals surface area contributed by atoms with Crippen LogP contribution in [0.25, 0.3) is 22.5 Å². The molecule has 126 valence electrons. The minimum atomic E-state index is 0.729. The molecule has 0 aliphatic rings. The van der Waals surface area contributed by atoms with E-state index in [4.69, 9.17) is 9.15 Å². The van der Waals surface area contributed by atoms with Gasteiger partial charge in [0.2, 0.25) is 0 Å². The standard InChI is InChI=1S/C20H14N4O2/c1-4-15(23-10-3-9-21-23)12-17(6-1)26-18-7-2-5-16(13-18)24-19-8-11-25-20(19)14-22-24/h1-14H. The molecule has 0 N–H and O–H groups in total. The highest BCUT2D eigenvalue weighted by molar-refractivity contribution is 5.74. The first-order valence-electron chi connectivity index (χ1n) is 8.16. The molecule has 2 aromatic carbocycles. The molecular formula is C20H14N4O2. The molecule has 5 rings (SSSR count). The highest BCUT2D eigenvalue weighted by Gasteiger charge is 2.08. The third kappa shape index (κ3) is 2.53. The smallest absolute Gasteiger partial charge is 0.172 e. The first kappa shape index (κ1) is 14.5. The summed E-state index contributed by atoms with van der Waals surface area (Å²) in [5, 5.41) is 8.62. The fraction of sp³-hybridized carbons (Fsp3) is 0. The average Bonchev–Trinajstić information content (AvgIpc) is 3.40. The van der Waals surface area contributed by atoms with Gasteiger partial charge in [-0.2, -0.15) is 10.2 Å². The number of furan rings is 1. The molecule has 0 spiro atoms. The molecule has 0 fully saturated rings. The summed E-state index contributed by atoms with van der Waals surface area (Å²) in [5.74, 6) is 1.47. The lowest BCUT2D eigenvalue weighted by molar-refractivity contribution is 0.482. The Hall–Kier alpha value is -3.80. The second-order valence-electron chi connectivity index (χ2n) is 5.77. The molecule has 26 heavy (non-hydrogen) atoms. The maximum Gasteiger partial charge on any atom is 0.172 e. The fourth-order valence-corrected chi connectivity index (χ4v) is 2.89. The Morgan fingerprint density at radius 2 is 1.65 bits per heavy atom. The summed E-state index contributed by atoms with van der Waals surface area (Å²) in [7, 11) is 0. The first-order valence-corrected chi connectivity index (χ1v) is 8.16. The molecule has 0 aliphatic carbocycles. The van der Waals surface area contributed by atoms with E-state index in [1.807, 2.05) is 71.5 Å². The predicted octanol–water partition coefficient (Wildman–Crippen LogP) is 4.60. The van der Waals surface area contributed by atoms with Gasteiger partial charge >= 0.3 is 0 Å². The molecular weight excluding hydrogens is 328 g/mol.